The Morgan fingerprint density at radius 1 is 1.30 bits per heavy atom. The molecule has 1 aromatic rings. The number of aromatic nitrogens is 2. The second-order valence-corrected chi connectivity index (χ2v) is 5.40. The molecule has 0 aliphatic carbocycles. The molecule has 0 saturated carbocycles. The van der Waals surface area contributed by atoms with E-state index >= 15 is 0 Å². The van der Waals surface area contributed by atoms with Crippen molar-refractivity contribution in [3.8, 4) is 0 Å². The predicted molar refractivity (Wildman–Crippen MR) is 72.5 cm³/mol. The van der Waals surface area contributed by atoms with E-state index in [2.05, 4.69) is 14.9 Å². The van der Waals surface area contributed by atoms with Crippen LogP contribution in [0.4, 0.5) is 5.82 Å². The predicted octanol–water partition coefficient (Wildman–Crippen LogP) is 1.63. The quantitative estimate of drug-likeness (QED) is 0.905. The molecule has 2 fully saturated rings. The Morgan fingerprint density at radius 2 is 2.10 bits per heavy atom. The molecule has 0 aromatic carbocycles. The molecule has 20 heavy (non-hydrogen) atoms. The highest BCUT2D eigenvalue weighted by Gasteiger charge is 2.26. The van der Waals surface area contributed by atoms with Crippen molar-refractivity contribution in [1.82, 2.24) is 9.97 Å². The van der Waals surface area contributed by atoms with Crippen LogP contribution < -0.4 is 4.90 Å². The van der Waals surface area contributed by atoms with Gasteiger partial charge >= 0.3 is 5.97 Å². The van der Waals surface area contributed by atoms with Gasteiger partial charge in [0.25, 0.3) is 0 Å². The molecule has 0 bridgehead atoms. The fraction of sp³-hybridized carbons (Fsp3) is 0.643. The molecule has 6 heteroatoms. The maximum absolute atomic E-state index is 11.0. The fourth-order valence-electron chi connectivity index (χ4n) is 2.88. The van der Waals surface area contributed by atoms with Gasteiger partial charge in [-0.2, -0.15) is 0 Å². The van der Waals surface area contributed by atoms with Crippen LogP contribution in [0.2, 0.25) is 0 Å². The Kier molecular flexibility index (Phi) is 3.82. The summed E-state index contributed by atoms with van der Waals surface area (Å²) in [6.45, 7) is 2.27. The molecule has 0 amide bonds. The van der Waals surface area contributed by atoms with E-state index in [9.17, 15) is 4.79 Å². The van der Waals surface area contributed by atoms with Crippen molar-refractivity contribution in [2.45, 2.75) is 31.8 Å². The lowest BCUT2D eigenvalue weighted by Gasteiger charge is -2.31. The number of aliphatic carboxylic acids is 1. The summed E-state index contributed by atoms with van der Waals surface area (Å²) in [5.41, 5.74) is 0.938. The van der Waals surface area contributed by atoms with Gasteiger partial charge in [0.15, 0.2) is 0 Å². The van der Waals surface area contributed by atoms with Crippen molar-refractivity contribution < 1.29 is 14.6 Å². The second-order valence-electron chi connectivity index (χ2n) is 5.40. The summed E-state index contributed by atoms with van der Waals surface area (Å²) >= 11 is 0. The Hall–Kier alpha value is -1.69. The lowest BCUT2D eigenvalue weighted by atomic mass is 9.97. The highest BCUT2D eigenvalue weighted by atomic mass is 16.5. The molecule has 2 saturated heterocycles. The molecule has 0 spiro atoms. The largest absolute Gasteiger partial charge is 0.481 e. The van der Waals surface area contributed by atoms with E-state index in [1.807, 2.05) is 6.07 Å². The number of carbonyl (C=O) groups is 1. The molecule has 2 aliphatic rings. The number of piperidine rings is 1. The smallest absolute Gasteiger partial charge is 0.306 e. The summed E-state index contributed by atoms with van der Waals surface area (Å²) in [4.78, 5) is 21.7. The summed E-state index contributed by atoms with van der Waals surface area (Å²) in [5.74, 6) is -0.0209. The number of anilines is 1. The SMILES string of the molecule is O=C(O)C1CCN(c2cc(C3CCCO3)ncn2)CC1. The van der Waals surface area contributed by atoms with Gasteiger partial charge in [0.2, 0.25) is 0 Å². The topological polar surface area (TPSA) is 75.5 Å². The summed E-state index contributed by atoms with van der Waals surface area (Å²) in [5, 5.41) is 9.02. The average molecular weight is 277 g/mol. The van der Waals surface area contributed by atoms with Crippen molar-refractivity contribution in [3.63, 3.8) is 0 Å². The molecule has 3 heterocycles. The van der Waals surface area contributed by atoms with Gasteiger partial charge in [-0.25, -0.2) is 9.97 Å². The van der Waals surface area contributed by atoms with Crippen LogP contribution in [0.25, 0.3) is 0 Å². The van der Waals surface area contributed by atoms with E-state index in [0.717, 1.165) is 44.0 Å². The van der Waals surface area contributed by atoms with Crippen molar-refractivity contribution >= 4 is 11.8 Å². The molecule has 1 N–H and O–H groups in total. The normalized spacial score (nSPS) is 24.0. The van der Waals surface area contributed by atoms with E-state index < -0.39 is 5.97 Å². The molecule has 0 radical (unpaired) electrons. The van der Waals surface area contributed by atoms with Crippen molar-refractivity contribution in [2.75, 3.05) is 24.6 Å². The Morgan fingerprint density at radius 3 is 2.75 bits per heavy atom. The zero-order valence-electron chi connectivity index (χ0n) is 11.4. The zero-order valence-corrected chi connectivity index (χ0v) is 11.4. The van der Waals surface area contributed by atoms with Crippen LogP contribution in [0.15, 0.2) is 12.4 Å². The van der Waals surface area contributed by atoms with E-state index in [1.165, 1.54) is 0 Å². The van der Waals surface area contributed by atoms with Gasteiger partial charge in [-0.3, -0.25) is 4.79 Å². The van der Waals surface area contributed by atoms with E-state index in [-0.39, 0.29) is 12.0 Å². The Balaban J connectivity index is 1.68. The van der Waals surface area contributed by atoms with E-state index in [1.54, 1.807) is 6.33 Å². The number of carboxylic acids is 1. The third kappa shape index (κ3) is 2.75. The van der Waals surface area contributed by atoms with Crippen LogP contribution in [-0.2, 0) is 9.53 Å². The molecule has 1 atom stereocenters. The van der Waals surface area contributed by atoms with Crippen LogP contribution >= 0.6 is 0 Å². The fourth-order valence-corrected chi connectivity index (χ4v) is 2.88. The average Bonchev–Trinajstić information content (AvgIpc) is 3.02. The molecule has 3 rings (SSSR count). The second kappa shape index (κ2) is 5.75. The zero-order chi connectivity index (χ0) is 13.9. The van der Waals surface area contributed by atoms with Crippen LogP contribution in [0.1, 0.15) is 37.5 Å². The van der Waals surface area contributed by atoms with E-state index in [4.69, 9.17) is 9.84 Å². The van der Waals surface area contributed by atoms with Gasteiger partial charge in [-0.15, -0.1) is 0 Å². The molecular weight excluding hydrogens is 258 g/mol. The highest BCUT2D eigenvalue weighted by Crippen LogP contribution is 2.29. The van der Waals surface area contributed by atoms with Crippen molar-refractivity contribution in [1.29, 1.82) is 0 Å². The van der Waals surface area contributed by atoms with Crippen LogP contribution in [0.3, 0.4) is 0 Å². The molecule has 6 nitrogen and oxygen atoms in total. The van der Waals surface area contributed by atoms with Gasteiger partial charge < -0.3 is 14.7 Å². The van der Waals surface area contributed by atoms with Crippen molar-refractivity contribution in [2.24, 2.45) is 5.92 Å². The monoisotopic (exact) mass is 277 g/mol. The first-order valence-electron chi connectivity index (χ1n) is 7.15. The summed E-state index contributed by atoms with van der Waals surface area (Å²) in [7, 11) is 0. The molecule has 1 unspecified atom stereocenters. The summed E-state index contributed by atoms with van der Waals surface area (Å²) in [6.07, 6.45) is 5.11. The third-order valence-electron chi connectivity index (χ3n) is 4.10. The number of nitrogens with zero attached hydrogens (tertiary/aromatic N) is 3. The molecule has 108 valence electrons. The van der Waals surface area contributed by atoms with Crippen LogP contribution in [-0.4, -0.2) is 40.7 Å². The van der Waals surface area contributed by atoms with Gasteiger partial charge in [0.05, 0.1) is 17.7 Å². The Labute approximate surface area is 117 Å². The first kappa shape index (κ1) is 13.3. The summed E-state index contributed by atoms with van der Waals surface area (Å²) in [6, 6.07) is 1.98. The first-order valence-corrected chi connectivity index (χ1v) is 7.15. The number of ether oxygens (including phenoxy) is 1. The highest BCUT2D eigenvalue weighted by molar-refractivity contribution is 5.70. The minimum absolute atomic E-state index is 0.0910. The lowest BCUT2D eigenvalue weighted by Crippen LogP contribution is -2.36. The minimum atomic E-state index is -0.688. The van der Waals surface area contributed by atoms with Crippen LogP contribution in [0.5, 0.6) is 0 Å². The molecule has 2 aliphatic heterocycles. The standard InChI is InChI=1S/C14H19N3O3/c18-14(19)10-3-5-17(6-4-10)13-8-11(15-9-16-13)12-2-1-7-20-12/h8-10,12H,1-7H2,(H,18,19). The Bertz CT molecular complexity index is 480. The molecular formula is C14H19N3O3. The number of carboxylic acid groups (broad SMARTS) is 1. The van der Waals surface area contributed by atoms with Gasteiger partial charge in [-0.05, 0) is 25.7 Å². The van der Waals surface area contributed by atoms with Crippen LogP contribution in [0, 0.1) is 5.92 Å². The van der Waals surface area contributed by atoms with E-state index in [0.29, 0.717) is 12.8 Å². The number of rotatable bonds is 3. The maximum Gasteiger partial charge on any atom is 0.306 e. The lowest BCUT2D eigenvalue weighted by molar-refractivity contribution is -0.142. The third-order valence-corrected chi connectivity index (χ3v) is 4.10. The first-order chi connectivity index (χ1) is 9.74. The number of hydrogen-bond acceptors (Lipinski definition) is 5. The summed E-state index contributed by atoms with van der Waals surface area (Å²) < 4.78 is 5.64. The van der Waals surface area contributed by atoms with Crippen molar-refractivity contribution in [3.05, 3.63) is 18.1 Å². The molecule has 1 aromatic heterocycles. The van der Waals surface area contributed by atoms with Gasteiger partial charge in [-0.1, -0.05) is 0 Å². The maximum atomic E-state index is 11.0. The van der Waals surface area contributed by atoms with Gasteiger partial charge in [0.1, 0.15) is 12.1 Å². The van der Waals surface area contributed by atoms with Gasteiger partial charge in [0, 0.05) is 25.8 Å². The minimum Gasteiger partial charge on any atom is -0.481 e. The number of hydrogen-bond donors (Lipinski definition) is 1.